The van der Waals surface area contributed by atoms with Gasteiger partial charge in [-0.1, -0.05) is 71.1 Å². The molecule has 15 atom stereocenters. The van der Waals surface area contributed by atoms with Crippen molar-refractivity contribution in [3.05, 3.63) is 47.6 Å². The second-order valence-corrected chi connectivity index (χ2v) is 21.2. The van der Waals surface area contributed by atoms with E-state index in [0.29, 0.717) is 72.8 Å². The first kappa shape index (κ1) is 61.1. The number of ether oxygens (including phenoxy) is 4. The Morgan fingerprint density at radius 1 is 0.904 bits per heavy atom. The molecule has 2 amide bonds. The van der Waals surface area contributed by atoms with E-state index in [1.165, 1.54) is 28.2 Å². The first-order valence-corrected chi connectivity index (χ1v) is 25.9. The standard InChI is InChI=1S/C54H83N3O16/c1-31-17-13-12-14-18-32(2)43(57(68)38(8)58)29-40-22-20-37(7)54(66,72-40)50(62)51(63)56-24-16-15-19-42(56)53(65)71-45(34(4)27-39-21-23-41(46(28-39)69-10)52(64)73-55(9)67)30-44(59)33(3)26-36(6)48(61)49(70-11)47(60)35(5)25-31/h12-14,17-18,26,31,33-35,37,39-43,45-46,48-49,61,66-68H,15-16,19-25,27-30H2,1-11H3/b14-12+,17-13+,32-18+,36-26+/t31-,33-,34-,35-,37-,39+,40+,41-,42+,43+,45+,46-,48-,49+,54-/m1/s1. The third kappa shape index (κ3) is 16.3. The maximum absolute atomic E-state index is 14.5. The van der Waals surface area contributed by atoms with Crippen LogP contribution in [0.25, 0.3) is 0 Å². The van der Waals surface area contributed by atoms with Crippen LogP contribution >= 0.6 is 0 Å². The van der Waals surface area contributed by atoms with Crippen LogP contribution in [0.1, 0.15) is 132 Å². The zero-order valence-corrected chi connectivity index (χ0v) is 44.8. The molecule has 1 saturated carbocycles. The van der Waals surface area contributed by atoms with Crippen molar-refractivity contribution in [3.8, 4) is 0 Å². The van der Waals surface area contributed by atoms with Gasteiger partial charge < -0.3 is 38.9 Å². The summed E-state index contributed by atoms with van der Waals surface area (Å²) in [6.45, 7) is 13.3. The number of Topliss-reactive ketones (excluding diaryl/α,β-unsaturated/α-hetero) is 3. The largest absolute Gasteiger partial charge is 0.460 e. The highest BCUT2D eigenvalue weighted by Crippen LogP contribution is 2.39. The van der Waals surface area contributed by atoms with E-state index in [9.17, 15) is 54.2 Å². The van der Waals surface area contributed by atoms with Gasteiger partial charge in [0.1, 0.15) is 30.1 Å². The van der Waals surface area contributed by atoms with Crippen LogP contribution in [0.2, 0.25) is 0 Å². The number of ketones is 3. The SMILES string of the molecule is CO[C@@H]1C[C@H](C[C@@H](C)[C@@H]2CC(=O)[C@H](C)/C=C(\C)[C@@H](O)[C@@H](OC)C(=O)[C@H](C)C[C@H](C)/C=C/C=C/C=C(\C)[C@@H](N(O)C(C)=O)C[C@@H]3CC[C@@H](C)[C@@](O)(O3)C(=O)C(=O)N3CCCC[C@H]3C(=O)O2)CC[C@H]1C(=O)ON(C)O. The van der Waals surface area contributed by atoms with Crippen LogP contribution in [0.15, 0.2) is 47.6 Å². The Hall–Kier alpha value is -4.47. The number of carbonyl (C=O) groups is 7. The predicted octanol–water partition coefficient (Wildman–Crippen LogP) is 5.81. The molecule has 0 aromatic rings. The van der Waals surface area contributed by atoms with Crippen molar-refractivity contribution in [2.45, 2.75) is 181 Å². The molecule has 2 saturated heterocycles. The van der Waals surface area contributed by atoms with Crippen molar-refractivity contribution in [3.63, 3.8) is 0 Å². The van der Waals surface area contributed by atoms with Crippen LogP contribution in [-0.2, 0) is 57.3 Å². The van der Waals surface area contributed by atoms with Gasteiger partial charge in [-0.3, -0.25) is 34.4 Å². The van der Waals surface area contributed by atoms with Crippen molar-refractivity contribution in [2.75, 3.05) is 27.8 Å². The van der Waals surface area contributed by atoms with Gasteiger partial charge >= 0.3 is 11.9 Å². The molecule has 3 aliphatic heterocycles. The number of piperidine rings is 1. The Kier molecular flexibility index (Phi) is 23.3. The second-order valence-electron chi connectivity index (χ2n) is 21.2. The number of esters is 1. The summed E-state index contributed by atoms with van der Waals surface area (Å²) in [6.07, 6.45) is 8.95. The van der Waals surface area contributed by atoms with E-state index < -0.39 is 108 Å². The fourth-order valence-electron chi connectivity index (χ4n) is 10.9. The summed E-state index contributed by atoms with van der Waals surface area (Å²) in [6, 6.07) is -2.19. The minimum atomic E-state index is -2.61. The molecule has 410 valence electrons. The highest BCUT2D eigenvalue weighted by Gasteiger charge is 2.53. The Morgan fingerprint density at radius 2 is 1.60 bits per heavy atom. The number of carbonyl (C=O) groups excluding carboxylic acids is 7. The number of fused-ring (bicyclic) bond motifs is 3. The van der Waals surface area contributed by atoms with Crippen molar-refractivity contribution < 1.29 is 78.0 Å². The second kappa shape index (κ2) is 27.9. The molecule has 0 unspecified atom stereocenters. The average Bonchev–Trinajstić information content (AvgIpc) is 3.34. The van der Waals surface area contributed by atoms with E-state index in [-0.39, 0.29) is 55.6 Å². The van der Waals surface area contributed by atoms with Crippen LogP contribution in [-0.4, -0.2) is 153 Å². The van der Waals surface area contributed by atoms with Crippen molar-refractivity contribution in [1.82, 2.24) is 15.2 Å². The minimum Gasteiger partial charge on any atom is -0.460 e. The molecular formula is C54H83N3O16. The summed E-state index contributed by atoms with van der Waals surface area (Å²) in [5.41, 5.74) is 0.882. The smallest absolute Gasteiger partial charge is 0.333 e. The number of hydroxylamine groups is 4. The predicted molar refractivity (Wildman–Crippen MR) is 266 cm³/mol. The number of nitrogens with zero attached hydrogens (tertiary/aromatic N) is 3. The molecule has 19 nitrogen and oxygen atoms in total. The zero-order chi connectivity index (χ0) is 54.5. The van der Waals surface area contributed by atoms with E-state index >= 15 is 0 Å². The van der Waals surface area contributed by atoms with Gasteiger partial charge in [0.15, 0.2) is 5.78 Å². The third-order valence-electron chi connectivity index (χ3n) is 15.4. The van der Waals surface area contributed by atoms with Crippen LogP contribution < -0.4 is 0 Å². The van der Waals surface area contributed by atoms with E-state index in [0.717, 1.165) is 4.90 Å². The van der Waals surface area contributed by atoms with Crippen molar-refractivity contribution in [2.24, 2.45) is 41.4 Å². The fourth-order valence-corrected chi connectivity index (χ4v) is 10.9. The van der Waals surface area contributed by atoms with Gasteiger partial charge in [-0.2, -0.15) is 0 Å². The number of cyclic esters (lactones) is 1. The summed E-state index contributed by atoms with van der Waals surface area (Å²) in [4.78, 5) is 103. The molecule has 0 radical (unpaired) electrons. The molecule has 4 N–H and O–H groups in total. The van der Waals surface area contributed by atoms with Gasteiger partial charge in [-0.25, -0.2) is 14.7 Å². The summed E-state index contributed by atoms with van der Waals surface area (Å²) >= 11 is 0. The first-order chi connectivity index (χ1) is 34.3. The maximum atomic E-state index is 14.5. The van der Waals surface area contributed by atoms with Crippen LogP contribution in [0, 0.1) is 41.4 Å². The lowest BCUT2D eigenvalue weighted by molar-refractivity contribution is -0.306. The fraction of sp³-hybridized carbons (Fsp3) is 0.722. The third-order valence-corrected chi connectivity index (χ3v) is 15.4. The summed E-state index contributed by atoms with van der Waals surface area (Å²) in [5, 5.41) is 45.0. The van der Waals surface area contributed by atoms with Crippen LogP contribution in [0.3, 0.4) is 0 Å². The highest BCUT2D eigenvalue weighted by atomic mass is 16.9. The van der Waals surface area contributed by atoms with Gasteiger partial charge in [-0.15, -0.1) is 0 Å². The van der Waals surface area contributed by atoms with Crippen molar-refractivity contribution in [1.29, 1.82) is 0 Å². The molecule has 0 spiro atoms. The van der Waals surface area contributed by atoms with E-state index in [1.54, 1.807) is 65.0 Å². The van der Waals surface area contributed by atoms with Gasteiger partial charge in [0, 0.05) is 58.3 Å². The minimum absolute atomic E-state index is 0.00746. The molecule has 19 heteroatoms. The van der Waals surface area contributed by atoms with E-state index in [2.05, 4.69) is 0 Å². The monoisotopic (exact) mass is 1030 g/mol. The van der Waals surface area contributed by atoms with Gasteiger partial charge in [0.2, 0.25) is 11.7 Å². The lowest BCUT2D eigenvalue weighted by Gasteiger charge is -2.43. The number of aliphatic hydroxyl groups is 2. The Morgan fingerprint density at radius 3 is 2.25 bits per heavy atom. The molecule has 4 aliphatic rings. The lowest BCUT2D eigenvalue weighted by Crippen LogP contribution is -2.61. The number of allylic oxidation sites excluding steroid dienone is 6. The molecule has 1 aliphatic carbocycles. The van der Waals surface area contributed by atoms with Gasteiger partial charge in [0.25, 0.3) is 11.7 Å². The number of methoxy groups -OCH3 is 2. The Bertz CT molecular complexity index is 2070. The molecule has 3 fully saturated rings. The summed E-state index contributed by atoms with van der Waals surface area (Å²) < 4.78 is 23.7. The molecule has 73 heavy (non-hydrogen) atoms. The zero-order valence-electron chi connectivity index (χ0n) is 44.8. The molecule has 0 aromatic carbocycles. The number of hydrogen-bond donors (Lipinski definition) is 4. The van der Waals surface area contributed by atoms with Crippen LogP contribution in [0.4, 0.5) is 0 Å². The molecule has 3 heterocycles. The number of rotatable bonds is 8. The van der Waals surface area contributed by atoms with E-state index in [4.69, 9.17) is 23.8 Å². The maximum Gasteiger partial charge on any atom is 0.333 e. The Labute approximate surface area is 430 Å². The highest BCUT2D eigenvalue weighted by molar-refractivity contribution is 6.39. The molecule has 4 rings (SSSR count). The summed E-state index contributed by atoms with van der Waals surface area (Å²) in [7, 11) is 4.00. The molecular weight excluding hydrogens is 947 g/mol. The van der Waals surface area contributed by atoms with Gasteiger partial charge in [-0.05, 0) is 112 Å². The summed E-state index contributed by atoms with van der Waals surface area (Å²) in [5.74, 6) is -11.3. The quantitative estimate of drug-likeness (QED) is 0.0736. The number of amides is 2. The number of aliphatic hydroxyl groups excluding tert-OH is 1. The van der Waals surface area contributed by atoms with Crippen molar-refractivity contribution >= 4 is 41.1 Å². The van der Waals surface area contributed by atoms with Gasteiger partial charge in [0.05, 0.1) is 31.2 Å². The number of hydrogen-bond acceptors (Lipinski definition) is 17. The average molecular weight is 1030 g/mol. The first-order valence-electron chi connectivity index (χ1n) is 25.9. The van der Waals surface area contributed by atoms with E-state index in [1.807, 2.05) is 19.9 Å². The molecule has 0 aromatic heterocycles. The normalized spacial score (nSPS) is 37.2. The topological polar surface area (TPSA) is 256 Å². The van der Waals surface area contributed by atoms with Crippen LogP contribution in [0.5, 0.6) is 0 Å². The lowest BCUT2D eigenvalue weighted by atomic mass is 9.75. The Balaban J connectivity index is 1.74. The molecule has 2 bridgehead atoms.